The second-order valence-corrected chi connectivity index (χ2v) is 4.58. The lowest BCUT2D eigenvalue weighted by Crippen LogP contribution is -2.18. The number of rotatable bonds is 5. The summed E-state index contributed by atoms with van der Waals surface area (Å²) < 4.78 is 0. The van der Waals surface area contributed by atoms with Crippen molar-refractivity contribution in [3.8, 4) is 0 Å². The van der Waals surface area contributed by atoms with Crippen LogP contribution in [0.3, 0.4) is 0 Å². The summed E-state index contributed by atoms with van der Waals surface area (Å²) in [5.74, 6) is -0.391. The summed E-state index contributed by atoms with van der Waals surface area (Å²) in [6.45, 7) is 2.82. The molecule has 98 valence electrons. The smallest absolute Gasteiger partial charge is 0.248 e. The third-order valence-electron chi connectivity index (χ3n) is 3.12. The number of primary amides is 1. The van der Waals surface area contributed by atoms with E-state index in [1.54, 1.807) is 6.07 Å². The average Bonchev–Trinajstić information content (AvgIpc) is 2.46. The zero-order valence-corrected chi connectivity index (χ0v) is 11.0. The fourth-order valence-electron chi connectivity index (χ4n) is 1.97. The Hall–Kier alpha value is -2.13. The Balaban J connectivity index is 1.99. The van der Waals surface area contributed by atoms with Gasteiger partial charge in [0.1, 0.15) is 0 Å². The summed E-state index contributed by atoms with van der Waals surface area (Å²) in [5, 5.41) is 3.43. The van der Waals surface area contributed by atoms with Gasteiger partial charge in [-0.1, -0.05) is 42.5 Å². The van der Waals surface area contributed by atoms with E-state index in [-0.39, 0.29) is 6.04 Å². The molecule has 0 radical (unpaired) electrons. The van der Waals surface area contributed by atoms with Gasteiger partial charge in [-0.2, -0.15) is 0 Å². The van der Waals surface area contributed by atoms with Crippen LogP contribution in [-0.2, 0) is 6.54 Å². The van der Waals surface area contributed by atoms with Gasteiger partial charge >= 0.3 is 0 Å². The van der Waals surface area contributed by atoms with Crippen molar-refractivity contribution in [1.82, 2.24) is 5.32 Å². The fourth-order valence-corrected chi connectivity index (χ4v) is 1.97. The molecule has 0 aliphatic rings. The third-order valence-corrected chi connectivity index (χ3v) is 3.12. The van der Waals surface area contributed by atoms with E-state index < -0.39 is 5.91 Å². The second-order valence-electron chi connectivity index (χ2n) is 4.58. The number of amides is 1. The van der Waals surface area contributed by atoms with Crippen molar-refractivity contribution >= 4 is 5.91 Å². The Morgan fingerprint density at radius 2 is 1.89 bits per heavy atom. The van der Waals surface area contributed by atoms with Crippen LogP contribution < -0.4 is 11.1 Å². The molecule has 19 heavy (non-hydrogen) atoms. The molecular weight excluding hydrogens is 236 g/mol. The van der Waals surface area contributed by atoms with E-state index in [9.17, 15) is 4.79 Å². The van der Waals surface area contributed by atoms with E-state index in [0.29, 0.717) is 12.1 Å². The van der Waals surface area contributed by atoms with Crippen LogP contribution >= 0.6 is 0 Å². The SMILES string of the molecule is CC(NCc1cccc(C(N)=O)c1)c1ccccc1. The molecule has 2 aromatic carbocycles. The number of carbonyl (C=O) groups excluding carboxylic acids is 1. The highest BCUT2D eigenvalue weighted by molar-refractivity contribution is 5.92. The van der Waals surface area contributed by atoms with Crippen LogP contribution in [0.4, 0.5) is 0 Å². The number of nitrogens with two attached hydrogens (primary N) is 1. The van der Waals surface area contributed by atoms with Gasteiger partial charge in [-0.3, -0.25) is 4.79 Å². The molecule has 1 atom stereocenters. The molecule has 3 nitrogen and oxygen atoms in total. The average molecular weight is 254 g/mol. The van der Waals surface area contributed by atoms with E-state index >= 15 is 0 Å². The van der Waals surface area contributed by atoms with Crippen LogP contribution in [0.25, 0.3) is 0 Å². The minimum atomic E-state index is -0.391. The normalized spacial score (nSPS) is 12.1. The summed E-state index contributed by atoms with van der Waals surface area (Å²) >= 11 is 0. The van der Waals surface area contributed by atoms with Crippen LogP contribution in [0.5, 0.6) is 0 Å². The van der Waals surface area contributed by atoms with E-state index in [1.807, 2.05) is 36.4 Å². The Morgan fingerprint density at radius 1 is 1.16 bits per heavy atom. The lowest BCUT2D eigenvalue weighted by atomic mass is 10.1. The molecule has 0 bridgehead atoms. The molecule has 0 aliphatic carbocycles. The predicted octanol–water partition coefficient (Wildman–Crippen LogP) is 2.64. The maximum atomic E-state index is 11.1. The number of benzene rings is 2. The van der Waals surface area contributed by atoms with Crippen LogP contribution in [0, 0.1) is 0 Å². The summed E-state index contributed by atoms with van der Waals surface area (Å²) in [7, 11) is 0. The molecular formula is C16H18N2O. The van der Waals surface area contributed by atoms with E-state index in [2.05, 4.69) is 24.4 Å². The number of carbonyl (C=O) groups is 1. The predicted molar refractivity (Wildman–Crippen MR) is 76.7 cm³/mol. The Morgan fingerprint density at radius 3 is 2.58 bits per heavy atom. The molecule has 0 spiro atoms. The standard InChI is InChI=1S/C16H18N2O/c1-12(14-7-3-2-4-8-14)18-11-13-6-5-9-15(10-13)16(17)19/h2-10,12,18H,11H2,1H3,(H2,17,19). The van der Waals surface area contributed by atoms with E-state index in [1.165, 1.54) is 5.56 Å². The Labute approximate surface area is 113 Å². The van der Waals surface area contributed by atoms with Crippen molar-refractivity contribution in [2.24, 2.45) is 5.73 Å². The van der Waals surface area contributed by atoms with Crippen molar-refractivity contribution in [1.29, 1.82) is 0 Å². The molecule has 0 saturated heterocycles. The van der Waals surface area contributed by atoms with Gasteiger partial charge in [-0.15, -0.1) is 0 Å². The minimum Gasteiger partial charge on any atom is -0.366 e. The summed E-state index contributed by atoms with van der Waals surface area (Å²) in [4.78, 5) is 11.1. The van der Waals surface area contributed by atoms with Crippen molar-refractivity contribution in [2.75, 3.05) is 0 Å². The fraction of sp³-hybridized carbons (Fsp3) is 0.188. The molecule has 0 heterocycles. The summed E-state index contributed by atoms with van der Waals surface area (Å²) in [5.41, 5.74) is 8.12. The first kappa shape index (κ1) is 13.3. The van der Waals surface area contributed by atoms with Crippen molar-refractivity contribution < 1.29 is 4.79 Å². The first-order valence-corrected chi connectivity index (χ1v) is 6.34. The van der Waals surface area contributed by atoms with Crippen molar-refractivity contribution in [2.45, 2.75) is 19.5 Å². The lowest BCUT2D eigenvalue weighted by molar-refractivity contribution is 0.1000. The molecule has 0 aromatic heterocycles. The third kappa shape index (κ3) is 3.66. The highest BCUT2D eigenvalue weighted by Gasteiger charge is 2.05. The number of hydrogen-bond acceptors (Lipinski definition) is 2. The number of hydrogen-bond donors (Lipinski definition) is 2. The van der Waals surface area contributed by atoms with Gasteiger partial charge in [0.15, 0.2) is 0 Å². The maximum absolute atomic E-state index is 11.1. The highest BCUT2D eigenvalue weighted by Crippen LogP contribution is 2.12. The van der Waals surface area contributed by atoms with Gasteiger partial charge in [-0.25, -0.2) is 0 Å². The maximum Gasteiger partial charge on any atom is 0.248 e. The largest absolute Gasteiger partial charge is 0.366 e. The Kier molecular flexibility index (Phi) is 4.31. The van der Waals surface area contributed by atoms with Crippen LogP contribution in [0.1, 0.15) is 34.5 Å². The lowest BCUT2D eigenvalue weighted by Gasteiger charge is -2.14. The minimum absolute atomic E-state index is 0.262. The second kappa shape index (κ2) is 6.16. The molecule has 0 aliphatic heterocycles. The molecule has 0 saturated carbocycles. The van der Waals surface area contributed by atoms with Gasteiger partial charge < -0.3 is 11.1 Å². The first-order chi connectivity index (χ1) is 9.16. The monoisotopic (exact) mass is 254 g/mol. The van der Waals surface area contributed by atoms with Gasteiger partial charge in [0.25, 0.3) is 0 Å². The van der Waals surface area contributed by atoms with Crippen LogP contribution in [0.15, 0.2) is 54.6 Å². The van der Waals surface area contributed by atoms with E-state index in [4.69, 9.17) is 5.73 Å². The Bertz CT molecular complexity index is 552. The highest BCUT2D eigenvalue weighted by atomic mass is 16.1. The molecule has 1 unspecified atom stereocenters. The quantitative estimate of drug-likeness (QED) is 0.861. The molecule has 2 aromatic rings. The summed E-state index contributed by atoms with van der Waals surface area (Å²) in [6.07, 6.45) is 0. The van der Waals surface area contributed by atoms with Gasteiger partial charge in [-0.05, 0) is 30.2 Å². The molecule has 2 rings (SSSR count). The van der Waals surface area contributed by atoms with Gasteiger partial charge in [0.05, 0.1) is 0 Å². The number of nitrogens with one attached hydrogen (secondary N) is 1. The molecule has 1 amide bonds. The van der Waals surface area contributed by atoms with Gasteiger partial charge in [0.2, 0.25) is 5.91 Å². The van der Waals surface area contributed by atoms with Crippen LogP contribution in [-0.4, -0.2) is 5.91 Å². The zero-order chi connectivity index (χ0) is 13.7. The molecule has 3 heteroatoms. The zero-order valence-electron chi connectivity index (χ0n) is 11.0. The van der Waals surface area contributed by atoms with Gasteiger partial charge in [0, 0.05) is 18.2 Å². The van der Waals surface area contributed by atoms with Crippen LogP contribution in [0.2, 0.25) is 0 Å². The molecule has 3 N–H and O–H groups in total. The van der Waals surface area contributed by atoms with E-state index in [0.717, 1.165) is 5.56 Å². The summed E-state index contributed by atoms with van der Waals surface area (Å²) in [6, 6.07) is 17.9. The topological polar surface area (TPSA) is 55.1 Å². The first-order valence-electron chi connectivity index (χ1n) is 6.34. The van der Waals surface area contributed by atoms with Crippen molar-refractivity contribution in [3.63, 3.8) is 0 Å². The molecule has 0 fully saturated rings. The van der Waals surface area contributed by atoms with Crippen molar-refractivity contribution in [3.05, 3.63) is 71.3 Å².